The van der Waals surface area contributed by atoms with Gasteiger partial charge in [0.1, 0.15) is 6.54 Å². The van der Waals surface area contributed by atoms with Gasteiger partial charge in [-0.25, -0.2) is 0 Å². The summed E-state index contributed by atoms with van der Waals surface area (Å²) in [6.45, 7) is 5.82. The van der Waals surface area contributed by atoms with Gasteiger partial charge in [0.25, 0.3) is 0 Å². The molecule has 1 amide bonds. The molecule has 0 aliphatic heterocycles. The normalized spacial score (nSPS) is 10.9. The van der Waals surface area contributed by atoms with E-state index in [0.717, 1.165) is 12.3 Å². The molecule has 0 aliphatic carbocycles. The Morgan fingerprint density at radius 1 is 1.04 bits per heavy atom. The minimum Gasteiger partial charge on any atom is -0.352 e. The van der Waals surface area contributed by atoms with Crippen LogP contribution in [0.4, 0.5) is 0 Å². The van der Waals surface area contributed by atoms with Crippen LogP contribution in [0.3, 0.4) is 0 Å². The van der Waals surface area contributed by atoms with E-state index in [4.69, 9.17) is 0 Å². The summed E-state index contributed by atoms with van der Waals surface area (Å²) in [6, 6.07) is 14.8. The lowest BCUT2D eigenvalue weighted by Gasteiger charge is -2.13. The van der Waals surface area contributed by atoms with Crippen LogP contribution in [0.2, 0.25) is 0 Å². The van der Waals surface area contributed by atoms with E-state index in [1.165, 1.54) is 32.0 Å². The van der Waals surface area contributed by atoms with Crippen molar-refractivity contribution < 1.29 is 9.69 Å². The van der Waals surface area contributed by atoms with E-state index in [0.29, 0.717) is 13.0 Å². The predicted octanol–water partition coefficient (Wildman–Crippen LogP) is 2.75. The van der Waals surface area contributed by atoms with Gasteiger partial charge >= 0.3 is 0 Å². The third-order valence-electron chi connectivity index (χ3n) is 4.21. The monoisotopic (exact) mass is 357 g/mol. The first-order valence-electron chi connectivity index (χ1n) is 8.78. The first-order valence-corrected chi connectivity index (χ1v) is 9.77. The molecule has 0 saturated heterocycles. The Morgan fingerprint density at radius 2 is 1.76 bits per heavy atom. The summed E-state index contributed by atoms with van der Waals surface area (Å²) in [4.78, 5) is 14.7. The molecule has 25 heavy (non-hydrogen) atoms. The maximum atomic E-state index is 12.1. The Kier molecular flexibility index (Phi) is 7.53. The van der Waals surface area contributed by atoms with E-state index in [2.05, 4.69) is 69.7 Å². The van der Waals surface area contributed by atoms with Crippen LogP contribution in [-0.4, -0.2) is 25.8 Å². The van der Waals surface area contributed by atoms with Crippen molar-refractivity contribution in [3.8, 4) is 0 Å². The summed E-state index contributed by atoms with van der Waals surface area (Å²) < 4.78 is 0. The van der Waals surface area contributed by atoms with Crippen molar-refractivity contribution in [3.05, 3.63) is 64.7 Å². The smallest absolute Gasteiger partial charge is 0.221 e. The highest BCUT2D eigenvalue weighted by Crippen LogP contribution is 2.21. The minimum absolute atomic E-state index is 0.114. The Bertz CT molecular complexity index is 713. The summed E-state index contributed by atoms with van der Waals surface area (Å²) in [5.74, 6) is 0.918. The van der Waals surface area contributed by atoms with Gasteiger partial charge in [-0.05, 0) is 42.7 Å². The third-order valence-corrected chi connectivity index (χ3v) is 5.21. The topological polar surface area (TPSA) is 33.5 Å². The number of amides is 1. The number of hydrogen-bond acceptors (Lipinski definition) is 2. The van der Waals surface area contributed by atoms with E-state index in [9.17, 15) is 4.79 Å². The quantitative estimate of drug-likeness (QED) is 0.712. The first kappa shape index (κ1) is 19.5. The largest absolute Gasteiger partial charge is 0.352 e. The van der Waals surface area contributed by atoms with Gasteiger partial charge in [-0.15, -0.1) is 11.8 Å². The number of carbonyl (C=O) groups excluding carboxylic acids is 1. The Hall–Kier alpha value is -1.78. The molecule has 2 N–H and O–H groups in total. The minimum atomic E-state index is 0.114. The van der Waals surface area contributed by atoms with Crippen LogP contribution in [-0.2, 0) is 17.9 Å². The predicted molar refractivity (Wildman–Crippen MR) is 106 cm³/mol. The van der Waals surface area contributed by atoms with Gasteiger partial charge < -0.3 is 10.2 Å². The molecule has 2 rings (SSSR count). The van der Waals surface area contributed by atoms with Crippen LogP contribution in [0.25, 0.3) is 0 Å². The molecule has 0 unspecified atom stereocenters. The summed E-state index contributed by atoms with van der Waals surface area (Å²) in [6.07, 6.45) is 0.540. The van der Waals surface area contributed by atoms with Crippen LogP contribution >= 0.6 is 11.8 Å². The molecule has 0 saturated carbocycles. The van der Waals surface area contributed by atoms with Crippen molar-refractivity contribution in [2.75, 3.05) is 19.8 Å². The van der Waals surface area contributed by atoms with E-state index < -0.39 is 0 Å². The molecule has 134 valence electrons. The van der Waals surface area contributed by atoms with Crippen molar-refractivity contribution in [1.82, 2.24) is 5.32 Å². The van der Waals surface area contributed by atoms with Crippen molar-refractivity contribution in [3.63, 3.8) is 0 Å². The molecule has 2 aromatic rings. The lowest BCUT2D eigenvalue weighted by atomic mass is 10.1. The molecular weight excluding hydrogens is 328 g/mol. The summed E-state index contributed by atoms with van der Waals surface area (Å²) >= 11 is 1.74. The second-order valence-electron chi connectivity index (χ2n) is 6.77. The number of thioether (sulfide) groups is 1. The van der Waals surface area contributed by atoms with Crippen molar-refractivity contribution >= 4 is 17.7 Å². The molecule has 4 heteroatoms. The van der Waals surface area contributed by atoms with Crippen LogP contribution in [0.5, 0.6) is 0 Å². The fourth-order valence-corrected chi connectivity index (χ4v) is 3.58. The van der Waals surface area contributed by atoms with Gasteiger partial charge in [-0.1, -0.05) is 30.3 Å². The van der Waals surface area contributed by atoms with E-state index >= 15 is 0 Å². The number of quaternary nitrogens is 1. The number of rotatable bonds is 8. The molecule has 0 radical (unpaired) electrons. The first-order chi connectivity index (χ1) is 12.0. The molecular formula is C21H29N2OS+. The van der Waals surface area contributed by atoms with Gasteiger partial charge in [0.2, 0.25) is 5.91 Å². The Balaban J connectivity index is 1.78. The third kappa shape index (κ3) is 6.56. The van der Waals surface area contributed by atoms with Crippen molar-refractivity contribution in [2.24, 2.45) is 0 Å². The molecule has 0 heterocycles. The van der Waals surface area contributed by atoms with Gasteiger partial charge in [0, 0.05) is 29.2 Å². The van der Waals surface area contributed by atoms with E-state index in [-0.39, 0.29) is 5.91 Å². The Labute approximate surface area is 155 Å². The van der Waals surface area contributed by atoms with Crippen molar-refractivity contribution in [1.29, 1.82) is 0 Å². The maximum Gasteiger partial charge on any atom is 0.221 e. The highest BCUT2D eigenvalue weighted by Gasteiger charge is 2.07. The number of aryl methyl sites for hydroxylation is 2. The fraction of sp³-hybridized carbons (Fsp3) is 0.381. The molecule has 0 aliphatic rings. The fourth-order valence-electron chi connectivity index (χ4n) is 2.63. The maximum absolute atomic E-state index is 12.1. The molecule has 0 bridgehead atoms. The van der Waals surface area contributed by atoms with Gasteiger partial charge in [-0.3, -0.25) is 4.79 Å². The van der Waals surface area contributed by atoms with E-state index in [1.807, 2.05) is 6.07 Å². The number of hydrogen-bond donors (Lipinski definition) is 2. The zero-order chi connectivity index (χ0) is 18.2. The highest BCUT2D eigenvalue weighted by molar-refractivity contribution is 7.99. The average molecular weight is 358 g/mol. The summed E-state index contributed by atoms with van der Waals surface area (Å²) in [5, 5.41) is 3.06. The molecule has 0 fully saturated rings. The number of nitrogens with one attached hydrogen (secondary N) is 2. The standard InChI is InChI=1S/C21H28N2OS/c1-16-9-10-20(13-17(16)2)25-12-11-21(24)22-14-18-7-5-6-8-19(18)15-23(3)4/h5-10,13H,11-12,14-15H2,1-4H3,(H,22,24)/p+1. The number of benzene rings is 2. The summed E-state index contributed by atoms with van der Waals surface area (Å²) in [5.41, 5.74) is 5.11. The lowest BCUT2D eigenvalue weighted by Crippen LogP contribution is -3.04. The zero-order valence-electron chi connectivity index (χ0n) is 15.7. The Morgan fingerprint density at radius 3 is 2.44 bits per heavy atom. The van der Waals surface area contributed by atoms with Gasteiger partial charge in [-0.2, -0.15) is 0 Å². The molecule has 0 aromatic heterocycles. The van der Waals surface area contributed by atoms with Crippen LogP contribution in [0.15, 0.2) is 47.4 Å². The molecule has 3 nitrogen and oxygen atoms in total. The van der Waals surface area contributed by atoms with Crippen LogP contribution in [0.1, 0.15) is 28.7 Å². The number of carbonyl (C=O) groups is 1. The second kappa shape index (κ2) is 9.64. The molecule has 2 aromatic carbocycles. The van der Waals surface area contributed by atoms with Crippen LogP contribution in [0, 0.1) is 13.8 Å². The van der Waals surface area contributed by atoms with Crippen LogP contribution < -0.4 is 10.2 Å². The van der Waals surface area contributed by atoms with E-state index in [1.54, 1.807) is 11.8 Å². The van der Waals surface area contributed by atoms with Crippen molar-refractivity contribution in [2.45, 2.75) is 38.3 Å². The molecule has 0 spiro atoms. The highest BCUT2D eigenvalue weighted by atomic mass is 32.2. The summed E-state index contributed by atoms with van der Waals surface area (Å²) in [7, 11) is 4.28. The van der Waals surface area contributed by atoms with Gasteiger partial charge in [0.15, 0.2) is 0 Å². The second-order valence-corrected chi connectivity index (χ2v) is 7.94. The zero-order valence-corrected chi connectivity index (χ0v) is 16.5. The average Bonchev–Trinajstić information content (AvgIpc) is 2.57. The SMILES string of the molecule is Cc1ccc(SCCC(=O)NCc2ccccc2C[NH+](C)C)cc1C. The molecule has 0 atom stereocenters. The lowest BCUT2D eigenvalue weighted by molar-refractivity contribution is -0.872. The van der Waals surface area contributed by atoms with Gasteiger partial charge in [0.05, 0.1) is 14.1 Å².